The van der Waals surface area contributed by atoms with E-state index in [1.807, 2.05) is 6.92 Å². The highest BCUT2D eigenvalue weighted by Gasteiger charge is 2.06. The van der Waals surface area contributed by atoms with Crippen LogP contribution in [0.3, 0.4) is 0 Å². The summed E-state index contributed by atoms with van der Waals surface area (Å²) in [5, 5.41) is 13.4. The van der Waals surface area contributed by atoms with Gasteiger partial charge in [-0.1, -0.05) is 6.08 Å². The van der Waals surface area contributed by atoms with E-state index in [1.165, 1.54) is 6.08 Å². The maximum Gasteiger partial charge on any atom is 0.113 e. The van der Waals surface area contributed by atoms with Gasteiger partial charge in [0.25, 0.3) is 0 Å². The third-order valence-electron chi connectivity index (χ3n) is 1.58. The molecule has 0 aliphatic carbocycles. The molecule has 0 bridgehead atoms. The quantitative estimate of drug-likeness (QED) is 0.659. The molecular weight excluding hydrogens is 140 g/mol. The molecule has 0 saturated carbocycles. The lowest BCUT2D eigenvalue weighted by atomic mass is 10.2. The standard InChI is InChI=1S/C8H12N2O/c1-3-8(11)7-5-6-9-10(7)4-2/h3,5-6,8,11H,1,4H2,2H3. The highest BCUT2D eigenvalue weighted by molar-refractivity contribution is 5.09. The molecule has 1 heterocycles. The van der Waals surface area contributed by atoms with E-state index >= 15 is 0 Å². The van der Waals surface area contributed by atoms with Crippen LogP contribution >= 0.6 is 0 Å². The van der Waals surface area contributed by atoms with Crippen molar-refractivity contribution in [3.05, 3.63) is 30.6 Å². The molecular formula is C8H12N2O. The summed E-state index contributed by atoms with van der Waals surface area (Å²) in [5.41, 5.74) is 0.794. The molecule has 1 atom stereocenters. The fourth-order valence-corrected chi connectivity index (χ4v) is 0.979. The van der Waals surface area contributed by atoms with Crippen LogP contribution in [0.2, 0.25) is 0 Å². The molecule has 0 aromatic carbocycles. The van der Waals surface area contributed by atoms with Gasteiger partial charge in [0.2, 0.25) is 0 Å². The molecule has 1 N–H and O–H groups in total. The number of aliphatic hydroxyl groups is 1. The van der Waals surface area contributed by atoms with Gasteiger partial charge in [0.1, 0.15) is 6.10 Å². The molecule has 0 spiro atoms. The lowest BCUT2D eigenvalue weighted by Gasteiger charge is -2.06. The van der Waals surface area contributed by atoms with Gasteiger partial charge in [-0.2, -0.15) is 5.10 Å². The molecule has 1 aromatic rings. The zero-order valence-electron chi connectivity index (χ0n) is 6.57. The minimum atomic E-state index is -0.600. The summed E-state index contributed by atoms with van der Waals surface area (Å²) < 4.78 is 1.74. The van der Waals surface area contributed by atoms with Crippen molar-refractivity contribution >= 4 is 0 Å². The van der Waals surface area contributed by atoms with Gasteiger partial charge in [0.05, 0.1) is 5.69 Å². The maximum absolute atomic E-state index is 9.35. The van der Waals surface area contributed by atoms with E-state index in [9.17, 15) is 5.11 Å². The van der Waals surface area contributed by atoms with E-state index in [1.54, 1.807) is 16.9 Å². The summed E-state index contributed by atoms with van der Waals surface area (Å²) in [6.45, 7) is 6.25. The molecule has 0 saturated heterocycles. The number of aryl methyl sites for hydroxylation is 1. The molecule has 0 aliphatic heterocycles. The van der Waals surface area contributed by atoms with Crippen molar-refractivity contribution in [2.24, 2.45) is 0 Å². The summed E-state index contributed by atoms with van der Waals surface area (Å²) in [6, 6.07) is 1.79. The predicted octanol–water partition coefficient (Wildman–Crippen LogP) is 1.12. The number of hydrogen-bond acceptors (Lipinski definition) is 2. The maximum atomic E-state index is 9.35. The van der Waals surface area contributed by atoms with Gasteiger partial charge < -0.3 is 5.11 Å². The number of nitrogens with zero attached hydrogens (tertiary/aromatic N) is 2. The Hall–Kier alpha value is -1.09. The largest absolute Gasteiger partial charge is 0.383 e. The van der Waals surface area contributed by atoms with Crippen molar-refractivity contribution in [2.75, 3.05) is 0 Å². The van der Waals surface area contributed by atoms with Crippen molar-refractivity contribution in [3.8, 4) is 0 Å². The summed E-state index contributed by atoms with van der Waals surface area (Å²) in [4.78, 5) is 0. The lowest BCUT2D eigenvalue weighted by Crippen LogP contribution is -2.05. The first-order chi connectivity index (χ1) is 5.29. The summed E-state index contributed by atoms with van der Waals surface area (Å²) >= 11 is 0. The van der Waals surface area contributed by atoms with Crippen LogP contribution < -0.4 is 0 Å². The summed E-state index contributed by atoms with van der Waals surface area (Å²) in [6.07, 6.45) is 2.56. The van der Waals surface area contributed by atoms with Crippen LogP contribution in [0.4, 0.5) is 0 Å². The monoisotopic (exact) mass is 152 g/mol. The molecule has 60 valence electrons. The average Bonchev–Trinajstić information content (AvgIpc) is 2.50. The van der Waals surface area contributed by atoms with Gasteiger partial charge in [-0.05, 0) is 13.0 Å². The smallest absolute Gasteiger partial charge is 0.113 e. The normalized spacial score (nSPS) is 12.9. The van der Waals surface area contributed by atoms with E-state index in [0.717, 1.165) is 12.2 Å². The Labute approximate surface area is 66.0 Å². The summed E-state index contributed by atoms with van der Waals surface area (Å²) in [7, 11) is 0. The van der Waals surface area contributed by atoms with Crippen LogP contribution in [-0.4, -0.2) is 14.9 Å². The fourth-order valence-electron chi connectivity index (χ4n) is 0.979. The van der Waals surface area contributed by atoms with Crippen LogP contribution in [0.1, 0.15) is 18.7 Å². The van der Waals surface area contributed by atoms with Crippen LogP contribution in [0.15, 0.2) is 24.9 Å². The third kappa shape index (κ3) is 1.49. The Bertz CT molecular complexity index is 242. The van der Waals surface area contributed by atoms with Crippen molar-refractivity contribution in [1.29, 1.82) is 0 Å². The molecule has 11 heavy (non-hydrogen) atoms. The lowest BCUT2D eigenvalue weighted by molar-refractivity contribution is 0.216. The van der Waals surface area contributed by atoms with Crippen LogP contribution in [-0.2, 0) is 6.54 Å². The zero-order chi connectivity index (χ0) is 8.27. The van der Waals surface area contributed by atoms with Crippen LogP contribution in [0.25, 0.3) is 0 Å². The van der Waals surface area contributed by atoms with Gasteiger partial charge in [-0.3, -0.25) is 4.68 Å². The number of aliphatic hydroxyl groups excluding tert-OH is 1. The molecule has 0 radical (unpaired) electrons. The second-order valence-corrected chi connectivity index (χ2v) is 2.25. The highest BCUT2D eigenvalue weighted by atomic mass is 16.3. The number of hydrogen-bond donors (Lipinski definition) is 1. The number of aromatic nitrogens is 2. The molecule has 3 nitrogen and oxygen atoms in total. The predicted molar refractivity (Wildman–Crippen MR) is 43.1 cm³/mol. The van der Waals surface area contributed by atoms with Gasteiger partial charge in [0.15, 0.2) is 0 Å². The Morgan fingerprint density at radius 3 is 3.18 bits per heavy atom. The highest BCUT2D eigenvalue weighted by Crippen LogP contribution is 2.11. The molecule has 3 heteroatoms. The fraction of sp³-hybridized carbons (Fsp3) is 0.375. The summed E-state index contributed by atoms with van der Waals surface area (Å²) in [5.74, 6) is 0. The van der Waals surface area contributed by atoms with Crippen molar-refractivity contribution in [1.82, 2.24) is 9.78 Å². The Kier molecular flexibility index (Phi) is 2.44. The van der Waals surface area contributed by atoms with E-state index in [4.69, 9.17) is 0 Å². The molecule has 0 amide bonds. The SMILES string of the molecule is C=CC(O)c1ccnn1CC. The Morgan fingerprint density at radius 2 is 2.64 bits per heavy atom. The molecule has 0 fully saturated rings. The first kappa shape index (κ1) is 8.01. The minimum Gasteiger partial charge on any atom is -0.383 e. The second kappa shape index (κ2) is 3.34. The van der Waals surface area contributed by atoms with Crippen molar-refractivity contribution in [3.63, 3.8) is 0 Å². The minimum absolute atomic E-state index is 0.600. The molecule has 1 rings (SSSR count). The molecule has 1 aromatic heterocycles. The Balaban J connectivity index is 2.91. The van der Waals surface area contributed by atoms with Gasteiger partial charge in [-0.15, -0.1) is 6.58 Å². The van der Waals surface area contributed by atoms with Crippen LogP contribution in [0.5, 0.6) is 0 Å². The van der Waals surface area contributed by atoms with Gasteiger partial charge in [-0.25, -0.2) is 0 Å². The van der Waals surface area contributed by atoms with Gasteiger partial charge >= 0.3 is 0 Å². The van der Waals surface area contributed by atoms with Crippen molar-refractivity contribution < 1.29 is 5.11 Å². The molecule has 1 unspecified atom stereocenters. The number of rotatable bonds is 3. The van der Waals surface area contributed by atoms with E-state index < -0.39 is 6.10 Å². The van der Waals surface area contributed by atoms with E-state index in [-0.39, 0.29) is 0 Å². The second-order valence-electron chi connectivity index (χ2n) is 2.25. The van der Waals surface area contributed by atoms with Crippen molar-refractivity contribution in [2.45, 2.75) is 19.6 Å². The van der Waals surface area contributed by atoms with Crippen LogP contribution in [0, 0.1) is 0 Å². The van der Waals surface area contributed by atoms with E-state index in [2.05, 4.69) is 11.7 Å². The Morgan fingerprint density at radius 1 is 1.91 bits per heavy atom. The molecule has 0 aliphatic rings. The first-order valence-electron chi connectivity index (χ1n) is 3.62. The average molecular weight is 152 g/mol. The zero-order valence-corrected chi connectivity index (χ0v) is 6.57. The topological polar surface area (TPSA) is 38.1 Å². The third-order valence-corrected chi connectivity index (χ3v) is 1.58. The first-order valence-corrected chi connectivity index (χ1v) is 3.62. The van der Waals surface area contributed by atoms with Gasteiger partial charge in [0, 0.05) is 12.7 Å². The van der Waals surface area contributed by atoms with E-state index in [0.29, 0.717) is 0 Å².